The lowest BCUT2D eigenvalue weighted by molar-refractivity contribution is -0.886. The van der Waals surface area contributed by atoms with Gasteiger partial charge in [0.1, 0.15) is 17.6 Å². The van der Waals surface area contributed by atoms with Gasteiger partial charge in [0.25, 0.3) is 5.91 Å². The SMILES string of the molecule is C[C@H]1CCc2c(sc(NC(=O)C[NH+](C)Cc3ccco3)c2C#N)C1. The number of amides is 1. The van der Waals surface area contributed by atoms with Gasteiger partial charge in [-0.2, -0.15) is 5.26 Å². The lowest BCUT2D eigenvalue weighted by Gasteiger charge is -2.17. The number of nitriles is 1. The quantitative estimate of drug-likeness (QED) is 0.871. The summed E-state index contributed by atoms with van der Waals surface area (Å²) < 4.78 is 5.31. The van der Waals surface area contributed by atoms with Crippen molar-refractivity contribution in [2.45, 2.75) is 32.7 Å². The smallest absolute Gasteiger partial charge is 0.280 e. The molecule has 2 heterocycles. The second-order valence-electron chi connectivity index (χ2n) is 6.61. The van der Waals surface area contributed by atoms with Gasteiger partial charge in [0.2, 0.25) is 0 Å². The molecule has 0 spiro atoms. The predicted octanol–water partition coefficient (Wildman–Crippen LogP) is 1.99. The van der Waals surface area contributed by atoms with Crippen LogP contribution >= 0.6 is 11.3 Å². The zero-order valence-corrected chi connectivity index (χ0v) is 14.8. The van der Waals surface area contributed by atoms with Crippen LogP contribution in [0.4, 0.5) is 5.00 Å². The van der Waals surface area contributed by atoms with Crippen molar-refractivity contribution in [1.29, 1.82) is 5.26 Å². The topological polar surface area (TPSA) is 70.5 Å². The van der Waals surface area contributed by atoms with Crippen molar-refractivity contribution in [3.05, 3.63) is 40.2 Å². The number of fused-ring (bicyclic) bond motifs is 1. The maximum Gasteiger partial charge on any atom is 0.280 e. The van der Waals surface area contributed by atoms with Crippen molar-refractivity contribution >= 4 is 22.2 Å². The summed E-state index contributed by atoms with van der Waals surface area (Å²) in [5.41, 5.74) is 1.81. The number of nitrogens with one attached hydrogen (secondary N) is 2. The molecule has 24 heavy (non-hydrogen) atoms. The fourth-order valence-corrected chi connectivity index (χ4v) is 4.55. The molecule has 0 fully saturated rings. The van der Waals surface area contributed by atoms with E-state index in [1.165, 1.54) is 4.88 Å². The van der Waals surface area contributed by atoms with Crippen LogP contribution in [0, 0.1) is 17.2 Å². The summed E-state index contributed by atoms with van der Waals surface area (Å²) in [6, 6.07) is 6.04. The Labute approximate surface area is 145 Å². The lowest BCUT2D eigenvalue weighted by atomic mass is 9.89. The van der Waals surface area contributed by atoms with E-state index < -0.39 is 0 Å². The number of nitrogens with zero attached hydrogens (tertiary/aromatic N) is 1. The van der Waals surface area contributed by atoms with Gasteiger partial charge in [0.05, 0.1) is 18.9 Å². The molecule has 1 unspecified atom stereocenters. The molecule has 1 aliphatic rings. The standard InChI is InChI=1S/C18H21N3O2S/c1-12-5-6-14-15(9-19)18(24-16(14)8-12)20-17(22)11-21(2)10-13-4-3-7-23-13/h3-4,7,12H,5-6,8,10-11H2,1-2H3,(H,20,22)/p+1/t12-/m0/s1. The normalized spacial score (nSPS) is 17.8. The second-order valence-corrected chi connectivity index (χ2v) is 7.71. The molecule has 2 N–H and O–H groups in total. The minimum atomic E-state index is -0.0674. The molecule has 1 amide bonds. The Morgan fingerprint density at radius 3 is 3.12 bits per heavy atom. The molecule has 5 nitrogen and oxygen atoms in total. The van der Waals surface area contributed by atoms with Crippen molar-refractivity contribution in [2.24, 2.45) is 5.92 Å². The number of carbonyl (C=O) groups is 1. The van der Waals surface area contributed by atoms with Gasteiger partial charge in [-0.1, -0.05) is 6.92 Å². The van der Waals surface area contributed by atoms with Gasteiger partial charge in [-0.05, 0) is 42.9 Å². The Balaban J connectivity index is 1.65. The van der Waals surface area contributed by atoms with Crippen LogP contribution < -0.4 is 10.2 Å². The molecule has 2 aromatic rings. The summed E-state index contributed by atoms with van der Waals surface area (Å²) in [4.78, 5) is 14.6. The van der Waals surface area contributed by atoms with Crippen molar-refractivity contribution in [1.82, 2.24) is 0 Å². The highest BCUT2D eigenvalue weighted by Crippen LogP contribution is 2.39. The number of anilines is 1. The van der Waals surface area contributed by atoms with E-state index in [0.717, 1.165) is 35.5 Å². The summed E-state index contributed by atoms with van der Waals surface area (Å²) in [5.74, 6) is 1.44. The van der Waals surface area contributed by atoms with Crippen molar-refractivity contribution in [2.75, 3.05) is 18.9 Å². The fourth-order valence-electron chi connectivity index (χ4n) is 3.18. The molecule has 1 aliphatic carbocycles. The van der Waals surface area contributed by atoms with Crippen LogP contribution in [0.2, 0.25) is 0 Å². The monoisotopic (exact) mass is 344 g/mol. The molecule has 2 aromatic heterocycles. The highest BCUT2D eigenvalue weighted by atomic mass is 32.1. The van der Waals surface area contributed by atoms with Crippen LogP contribution in [0.3, 0.4) is 0 Å². The maximum atomic E-state index is 12.3. The summed E-state index contributed by atoms with van der Waals surface area (Å²) in [5, 5.41) is 13.1. The van der Waals surface area contributed by atoms with Crippen LogP contribution in [0.15, 0.2) is 22.8 Å². The largest absolute Gasteiger partial charge is 0.463 e. The molecular formula is C18H22N3O2S+. The lowest BCUT2D eigenvalue weighted by Crippen LogP contribution is -3.08. The Hall–Kier alpha value is -2.10. The van der Waals surface area contributed by atoms with Gasteiger partial charge in [0.15, 0.2) is 12.3 Å². The number of carbonyl (C=O) groups excluding carboxylic acids is 1. The van der Waals surface area contributed by atoms with Gasteiger partial charge in [-0.3, -0.25) is 4.79 Å². The van der Waals surface area contributed by atoms with Crippen molar-refractivity contribution in [3.63, 3.8) is 0 Å². The van der Waals surface area contributed by atoms with E-state index in [1.807, 2.05) is 19.2 Å². The van der Waals surface area contributed by atoms with E-state index in [-0.39, 0.29) is 5.91 Å². The Kier molecular flexibility index (Phi) is 5.03. The molecule has 0 aliphatic heterocycles. The van der Waals surface area contributed by atoms with Crippen LogP contribution in [-0.4, -0.2) is 19.5 Å². The Bertz CT molecular complexity index is 758. The molecule has 2 atom stereocenters. The van der Waals surface area contributed by atoms with Gasteiger partial charge in [0, 0.05) is 4.88 Å². The zero-order chi connectivity index (χ0) is 17.1. The molecule has 3 rings (SSSR count). The molecule has 0 saturated heterocycles. The number of thiophene rings is 1. The van der Waals surface area contributed by atoms with E-state index in [1.54, 1.807) is 17.6 Å². The summed E-state index contributed by atoms with van der Waals surface area (Å²) in [6.45, 7) is 3.23. The van der Waals surface area contributed by atoms with Gasteiger partial charge < -0.3 is 14.6 Å². The number of quaternary nitrogens is 1. The van der Waals surface area contributed by atoms with Crippen molar-refractivity contribution < 1.29 is 14.1 Å². The number of furan rings is 1. The number of likely N-dealkylation sites (N-methyl/N-ethyl adjacent to an activating group) is 1. The zero-order valence-electron chi connectivity index (χ0n) is 14.0. The summed E-state index contributed by atoms with van der Waals surface area (Å²) >= 11 is 1.57. The third kappa shape index (κ3) is 3.69. The molecule has 6 heteroatoms. The third-order valence-corrected chi connectivity index (χ3v) is 5.56. The minimum Gasteiger partial charge on any atom is -0.463 e. The molecule has 0 saturated carbocycles. The van der Waals surface area contributed by atoms with E-state index in [9.17, 15) is 10.1 Å². The van der Waals surface area contributed by atoms with Gasteiger partial charge >= 0.3 is 0 Å². The first kappa shape index (κ1) is 16.7. The summed E-state index contributed by atoms with van der Waals surface area (Å²) in [6.07, 6.45) is 4.70. The molecule has 0 bridgehead atoms. The minimum absolute atomic E-state index is 0.0674. The average Bonchev–Trinajstić information content (AvgIpc) is 3.13. The number of hydrogen-bond donors (Lipinski definition) is 2. The van der Waals surface area contributed by atoms with E-state index in [2.05, 4.69) is 18.3 Å². The molecule has 126 valence electrons. The highest BCUT2D eigenvalue weighted by Gasteiger charge is 2.25. The number of hydrogen-bond acceptors (Lipinski definition) is 4. The second kappa shape index (κ2) is 7.20. The highest BCUT2D eigenvalue weighted by molar-refractivity contribution is 7.16. The number of rotatable bonds is 5. The molecule has 0 radical (unpaired) electrons. The van der Waals surface area contributed by atoms with E-state index in [4.69, 9.17) is 4.42 Å². The Morgan fingerprint density at radius 1 is 1.58 bits per heavy atom. The first-order valence-electron chi connectivity index (χ1n) is 8.25. The van der Waals surface area contributed by atoms with Crippen LogP contribution in [0.25, 0.3) is 0 Å². The van der Waals surface area contributed by atoms with Crippen LogP contribution in [0.1, 0.15) is 35.1 Å². The molecular weight excluding hydrogens is 322 g/mol. The fraction of sp³-hybridized carbons (Fsp3) is 0.444. The van der Waals surface area contributed by atoms with Crippen LogP contribution in [-0.2, 0) is 24.2 Å². The van der Waals surface area contributed by atoms with Gasteiger partial charge in [-0.25, -0.2) is 0 Å². The summed E-state index contributed by atoms with van der Waals surface area (Å²) in [7, 11) is 1.95. The predicted molar refractivity (Wildman–Crippen MR) is 93.0 cm³/mol. The van der Waals surface area contributed by atoms with Crippen LogP contribution in [0.5, 0.6) is 0 Å². The first-order chi connectivity index (χ1) is 11.6. The van der Waals surface area contributed by atoms with E-state index in [0.29, 0.717) is 29.6 Å². The van der Waals surface area contributed by atoms with Gasteiger partial charge in [-0.15, -0.1) is 11.3 Å². The van der Waals surface area contributed by atoms with E-state index >= 15 is 0 Å². The third-order valence-electron chi connectivity index (χ3n) is 4.39. The molecule has 0 aromatic carbocycles. The van der Waals surface area contributed by atoms with Crippen molar-refractivity contribution in [3.8, 4) is 6.07 Å². The first-order valence-corrected chi connectivity index (χ1v) is 9.06. The maximum absolute atomic E-state index is 12.3. The average molecular weight is 344 g/mol. The Morgan fingerprint density at radius 2 is 2.42 bits per heavy atom.